The fourth-order valence-electron chi connectivity index (χ4n) is 1.69. The zero-order valence-electron chi connectivity index (χ0n) is 8.57. The summed E-state index contributed by atoms with van der Waals surface area (Å²) in [7, 11) is 1.99. The molecule has 1 aromatic rings. The van der Waals surface area contributed by atoms with Crippen molar-refractivity contribution in [1.29, 1.82) is 0 Å². The Bertz CT molecular complexity index is 279. The van der Waals surface area contributed by atoms with Crippen molar-refractivity contribution in [3.63, 3.8) is 0 Å². The predicted molar refractivity (Wildman–Crippen MR) is 53.9 cm³/mol. The Morgan fingerprint density at radius 1 is 1.57 bits per heavy atom. The van der Waals surface area contributed by atoms with Crippen molar-refractivity contribution in [3.05, 3.63) is 18.2 Å². The van der Waals surface area contributed by atoms with Gasteiger partial charge in [-0.05, 0) is 25.9 Å². The van der Waals surface area contributed by atoms with Gasteiger partial charge in [0.25, 0.3) is 0 Å². The van der Waals surface area contributed by atoms with Crippen LogP contribution in [0.2, 0.25) is 0 Å². The van der Waals surface area contributed by atoms with E-state index in [0.717, 1.165) is 31.6 Å². The fraction of sp³-hybridized carbons (Fsp3) is 0.700. The van der Waals surface area contributed by atoms with Crippen LogP contribution in [0.4, 0.5) is 0 Å². The molecule has 1 aliphatic heterocycles. The highest BCUT2D eigenvalue weighted by Crippen LogP contribution is 2.10. The van der Waals surface area contributed by atoms with Crippen molar-refractivity contribution >= 4 is 0 Å². The van der Waals surface area contributed by atoms with E-state index in [1.54, 1.807) is 6.33 Å². The Kier molecular flexibility index (Phi) is 3.16. The lowest BCUT2D eigenvalue weighted by Crippen LogP contribution is -2.32. The van der Waals surface area contributed by atoms with Crippen molar-refractivity contribution in [2.45, 2.75) is 25.6 Å². The third-order valence-corrected chi connectivity index (χ3v) is 2.67. The Balaban J connectivity index is 1.79. The minimum absolute atomic E-state index is 0.422. The van der Waals surface area contributed by atoms with Gasteiger partial charge in [-0.3, -0.25) is 0 Å². The summed E-state index contributed by atoms with van der Waals surface area (Å²) in [6, 6.07) is 0. The predicted octanol–water partition coefficient (Wildman–Crippen LogP) is 0.689. The van der Waals surface area contributed by atoms with Gasteiger partial charge in [0, 0.05) is 7.05 Å². The molecule has 0 spiro atoms. The van der Waals surface area contributed by atoms with Crippen LogP contribution in [0.5, 0.6) is 0 Å². The normalized spacial score (nSPS) is 18.6. The van der Waals surface area contributed by atoms with Crippen LogP contribution < -0.4 is 5.32 Å². The van der Waals surface area contributed by atoms with E-state index in [9.17, 15) is 0 Å². The number of nitrogens with zero attached hydrogens (tertiary/aromatic N) is 2. The van der Waals surface area contributed by atoms with Crippen molar-refractivity contribution < 1.29 is 4.74 Å². The first-order valence-electron chi connectivity index (χ1n) is 5.14. The molecule has 0 saturated carbocycles. The molecule has 0 atom stereocenters. The van der Waals surface area contributed by atoms with E-state index in [1.165, 1.54) is 0 Å². The molecule has 1 aliphatic rings. The molecule has 2 rings (SSSR count). The highest BCUT2D eigenvalue weighted by atomic mass is 16.5. The Morgan fingerprint density at radius 3 is 3.00 bits per heavy atom. The molecule has 0 bridgehead atoms. The molecule has 0 aromatic carbocycles. The van der Waals surface area contributed by atoms with E-state index in [0.29, 0.717) is 12.7 Å². The number of hydrogen-bond donors (Lipinski definition) is 1. The van der Waals surface area contributed by atoms with Crippen LogP contribution in [0, 0.1) is 0 Å². The van der Waals surface area contributed by atoms with Crippen LogP contribution in [0.1, 0.15) is 18.5 Å². The van der Waals surface area contributed by atoms with E-state index < -0.39 is 0 Å². The van der Waals surface area contributed by atoms with E-state index in [2.05, 4.69) is 10.3 Å². The van der Waals surface area contributed by atoms with Crippen molar-refractivity contribution in [2.24, 2.45) is 7.05 Å². The molecule has 4 nitrogen and oxygen atoms in total. The number of ether oxygens (including phenoxy) is 1. The lowest BCUT2D eigenvalue weighted by Gasteiger charge is -2.22. The van der Waals surface area contributed by atoms with Gasteiger partial charge in [0.15, 0.2) is 0 Å². The quantitative estimate of drug-likeness (QED) is 0.771. The minimum Gasteiger partial charge on any atom is -0.372 e. The summed E-state index contributed by atoms with van der Waals surface area (Å²) >= 11 is 0. The molecule has 0 amide bonds. The molecular formula is C10H17N3O. The smallest absolute Gasteiger partial charge is 0.0946 e. The number of aryl methyl sites for hydroxylation is 1. The third-order valence-electron chi connectivity index (χ3n) is 2.67. The van der Waals surface area contributed by atoms with Gasteiger partial charge in [-0.2, -0.15) is 0 Å². The van der Waals surface area contributed by atoms with Gasteiger partial charge in [0.05, 0.1) is 30.9 Å². The van der Waals surface area contributed by atoms with Crippen LogP contribution in [0.3, 0.4) is 0 Å². The van der Waals surface area contributed by atoms with E-state index in [-0.39, 0.29) is 0 Å². The largest absolute Gasteiger partial charge is 0.372 e. The number of aromatic nitrogens is 2. The number of rotatable bonds is 3. The SMILES string of the molecule is Cn1cncc1COC1CCNCC1. The van der Waals surface area contributed by atoms with E-state index in [1.807, 2.05) is 17.8 Å². The second kappa shape index (κ2) is 4.57. The van der Waals surface area contributed by atoms with E-state index in [4.69, 9.17) is 4.74 Å². The topological polar surface area (TPSA) is 39.1 Å². The maximum atomic E-state index is 5.81. The van der Waals surface area contributed by atoms with Crippen molar-refractivity contribution in [3.8, 4) is 0 Å². The molecule has 1 saturated heterocycles. The van der Waals surface area contributed by atoms with Gasteiger partial charge in [-0.15, -0.1) is 0 Å². The lowest BCUT2D eigenvalue weighted by molar-refractivity contribution is 0.0185. The Morgan fingerprint density at radius 2 is 2.36 bits per heavy atom. The average molecular weight is 195 g/mol. The lowest BCUT2D eigenvalue weighted by atomic mass is 10.1. The summed E-state index contributed by atoms with van der Waals surface area (Å²) in [5.74, 6) is 0. The summed E-state index contributed by atoms with van der Waals surface area (Å²) in [6.45, 7) is 2.84. The minimum atomic E-state index is 0.422. The zero-order chi connectivity index (χ0) is 9.80. The highest BCUT2D eigenvalue weighted by Gasteiger charge is 2.13. The molecule has 1 aromatic heterocycles. The van der Waals surface area contributed by atoms with Crippen molar-refractivity contribution in [2.75, 3.05) is 13.1 Å². The number of nitrogens with one attached hydrogen (secondary N) is 1. The van der Waals surface area contributed by atoms with Crippen LogP contribution >= 0.6 is 0 Å². The summed E-state index contributed by atoms with van der Waals surface area (Å²) in [5, 5.41) is 3.32. The van der Waals surface area contributed by atoms with Gasteiger partial charge in [-0.25, -0.2) is 4.98 Å². The second-order valence-corrected chi connectivity index (χ2v) is 3.76. The maximum absolute atomic E-state index is 5.81. The number of piperidine rings is 1. The first-order chi connectivity index (χ1) is 6.86. The average Bonchev–Trinajstić information content (AvgIpc) is 2.63. The van der Waals surface area contributed by atoms with Crippen LogP contribution in [0.25, 0.3) is 0 Å². The zero-order valence-corrected chi connectivity index (χ0v) is 8.57. The first-order valence-corrected chi connectivity index (χ1v) is 5.14. The summed E-state index contributed by atoms with van der Waals surface area (Å²) in [5.41, 5.74) is 1.14. The molecule has 0 unspecified atom stereocenters. The van der Waals surface area contributed by atoms with Gasteiger partial charge < -0.3 is 14.6 Å². The monoisotopic (exact) mass is 195 g/mol. The van der Waals surface area contributed by atoms with Gasteiger partial charge in [-0.1, -0.05) is 0 Å². The molecule has 0 aliphatic carbocycles. The molecule has 4 heteroatoms. The summed E-state index contributed by atoms with van der Waals surface area (Å²) < 4.78 is 7.81. The highest BCUT2D eigenvalue weighted by molar-refractivity contribution is 4.95. The van der Waals surface area contributed by atoms with Gasteiger partial charge in [0.1, 0.15) is 0 Å². The fourth-order valence-corrected chi connectivity index (χ4v) is 1.69. The maximum Gasteiger partial charge on any atom is 0.0946 e. The summed E-state index contributed by atoms with van der Waals surface area (Å²) in [6.07, 6.45) is 6.34. The van der Waals surface area contributed by atoms with Gasteiger partial charge in [0.2, 0.25) is 0 Å². The molecule has 1 N–H and O–H groups in total. The molecule has 78 valence electrons. The third kappa shape index (κ3) is 2.33. The molecule has 14 heavy (non-hydrogen) atoms. The van der Waals surface area contributed by atoms with Crippen molar-refractivity contribution in [1.82, 2.24) is 14.9 Å². The molecule has 2 heterocycles. The Labute approximate surface area is 84.3 Å². The van der Waals surface area contributed by atoms with Crippen LogP contribution in [0.15, 0.2) is 12.5 Å². The standard InChI is InChI=1S/C10H17N3O/c1-13-8-12-6-9(13)7-14-10-2-4-11-5-3-10/h6,8,10-11H,2-5,7H2,1H3. The molecular weight excluding hydrogens is 178 g/mol. The number of imidazole rings is 1. The first kappa shape index (κ1) is 9.68. The molecule has 0 radical (unpaired) electrons. The number of hydrogen-bond acceptors (Lipinski definition) is 3. The Hall–Kier alpha value is -0.870. The van der Waals surface area contributed by atoms with Crippen LogP contribution in [-0.4, -0.2) is 28.7 Å². The molecule has 1 fully saturated rings. The van der Waals surface area contributed by atoms with Gasteiger partial charge >= 0.3 is 0 Å². The second-order valence-electron chi connectivity index (χ2n) is 3.76. The summed E-state index contributed by atoms with van der Waals surface area (Å²) in [4.78, 5) is 4.06. The van der Waals surface area contributed by atoms with Crippen LogP contribution in [-0.2, 0) is 18.4 Å². The van der Waals surface area contributed by atoms with E-state index >= 15 is 0 Å².